The number of likely N-dealkylation sites (tertiary alicyclic amines) is 1. The summed E-state index contributed by atoms with van der Waals surface area (Å²) in [6, 6.07) is 3.89. The van der Waals surface area contributed by atoms with Crippen LogP contribution in [0.5, 0.6) is 0 Å². The molecular formula is C24H34N4O6S. The number of nitrogens with two attached hydrogens (primary N) is 2. The number of hydrogen-bond acceptors (Lipinski definition) is 8. The topological polar surface area (TPSA) is 169 Å². The molecule has 2 aliphatic rings. The Morgan fingerprint density at radius 2 is 1.74 bits per heavy atom. The van der Waals surface area contributed by atoms with Gasteiger partial charge in [0, 0.05) is 48.5 Å². The normalized spacial score (nSPS) is 16.7. The van der Waals surface area contributed by atoms with Crippen LogP contribution in [0.3, 0.4) is 0 Å². The number of nitrogen functional groups attached to an aromatic ring is 1. The average molecular weight is 507 g/mol. The number of carboxylic acids is 2. The van der Waals surface area contributed by atoms with Crippen molar-refractivity contribution in [3.05, 3.63) is 34.3 Å². The summed E-state index contributed by atoms with van der Waals surface area (Å²) in [5.74, 6) is -1.09. The van der Waals surface area contributed by atoms with Gasteiger partial charge < -0.3 is 31.3 Å². The largest absolute Gasteiger partial charge is 0.481 e. The van der Waals surface area contributed by atoms with E-state index in [1.54, 1.807) is 24.5 Å². The maximum absolute atomic E-state index is 12.2. The number of hydrogen-bond donors (Lipinski definition) is 4. The summed E-state index contributed by atoms with van der Waals surface area (Å²) >= 11 is 1.76. The number of pyridine rings is 1. The maximum Gasteiger partial charge on any atom is 0.300 e. The fraction of sp³-hybridized carbons (Fsp3) is 0.500. The first-order chi connectivity index (χ1) is 16.4. The molecule has 1 spiro atoms. The quantitative estimate of drug-likeness (QED) is 0.478. The molecule has 192 valence electrons. The monoisotopic (exact) mass is 506 g/mol. The maximum atomic E-state index is 12.2. The van der Waals surface area contributed by atoms with Crippen LogP contribution in [0, 0.1) is 6.92 Å². The van der Waals surface area contributed by atoms with Crippen LogP contribution in [0.15, 0.2) is 18.3 Å². The molecule has 0 unspecified atom stereocenters. The van der Waals surface area contributed by atoms with E-state index in [0.717, 1.165) is 49.1 Å². The lowest BCUT2D eigenvalue weighted by Crippen LogP contribution is -2.51. The first-order valence-electron chi connectivity index (χ1n) is 11.3. The third kappa shape index (κ3) is 7.48. The molecule has 1 saturated heterocycles. The van der Waals surface area contributed by atoms with Gasteiger partial charge in [0.2, 0.25) is 5.91 Å². The average Bonchev–Trinajstić information content (AvgIpc) is 3.20. The van der Waals surface area contributed by atoms with Gasteiger partial charge in [-0.3, -0.25) is 14.4 Å². The molecule has 11 heteroatoms. The van der Waals surface area contributed by atoms with E-state index < -0.39 is 18.0 Å². The van der Waals surface area contributed by atoms with Gasteiger partial charge in [0.25, 0.3) is 11.9 Å². The first-order valence-corrected chi connectivity index (χ1v) is 12.1. The van der Waals surface area contributed by atoms with Crippen molar-refractivity contribution in [1.29, 1.82) is 0 Å². The second kappa shape index (κ2) is 12.1. The molecule has 0 aromatic carbocycles. The van der Waals surface area contributed by atoms with Gasteiger partial charge >= 0.3 is 0 Å². The van der Waals surface area contributed by atoms with Crippen LogP contribution >= 0.6 is 11.3 Å². The fourth-order valence-electron chi connectivity index (χ4n) is 4.08. The number of carboxylic acid groups (broad SMARTS) is 2. The molecule has 2 aromatic rings. The minimum absolute atomic E-state index is 0.0198. The van der Waals surface area contributed by atoms with Crippen LogP contribution in [0.1, 0.15) is 49.6 Å². The molecule has 2 aliphatic heterocycles. The number of nitrogens with zero attached hydrogens (tertiary/aromatic N) is 2. The van der Waals surface area contributed by atoms with E-state index in [-0.39, 0.29) is 11.5 Å². The van der Waals surface area contributed by atoms with E-state index in [4.69, 9.17) is 36.0 Å². The number of amides is 1. The Morgan fingerprint density at radius 1 is 1.17 bits per heavy atom. The smallest absolute Gasteiger partial charge is 0.300 e. The second-order valence-corrected chi connectivity index (χ2v) is 9.71. The van der Waals surface area contributed by atoms with Gasteiger partial charge in [-0.15, -0.1) is 11.3 Å². The predicted molar refractivity (Wildman–Crippen MR) is 134 cm³/mol. The van der Waals surface area contributed by atoms with Crippen molar-refractivity contribution < 1.29 is 29.3 Å². The Labute approximate surface area is 208 Å². The Kier molecular flexibility index (Phi) is 9.75. The molecular weight excluding hydrogens is 472 g/mol. The molecule has 0 radical (unpaired) electrons. The number of aryl methyl sites for hydroxylation is 1. The molecule has 2 aromatic heterocycles. The molecule has 4 heterocycles. The molecule has 0 bridgehead atoms. The van der Waals surface area contributed by atoms with Gasteiger partial charge in [-0.05, 0) is 56.4 Å². The van der Waals surface area contributed by atoms with E-state index >= 15 is 0 Å². The second-order valence-electron chi connectivity index (χ2n) is 8.66. The Balaban J connectivity index is 0.000000473. The predicted octanol–water partition coefficient (Wildman–Crippen LogP) is 2.62. The molecule has 35 heavy (non-hydrogen) atoms. The Hall–Kier alpha value is -3.02. The number of anilines is 1. The number of thiophene rings is 1. The van der Waals surface area contributed by atoms with Crippen LogP contribution in [-0.4, -0.2) is 63.7 Å². The third-order valence-corrected chi connectivity index (χ3v) is 6.96. The minimum atomic E-state index is -0.833. The molecule has 0 aliphatic carbocycles. The highest BCUT2D eigenvalue weighted by Crippen LogP contribution is 2.48. The van der Waals surface area contributed by atoms with Gasteiger partial charge in [0.1, 0.15) is 11.4 Å². The van der Waals surface area contributed by atoms with Crippen molar-refractivity contribution in [2.75, 3.05) is 25.4 Å². The summed E-state index contributed by atoms with van der Waals surface area (Å²) in [6.07, 6.45) is 4.32. The minimum Gasteiger partial charge on any atom is -0.481 e. The summed E-state index contributed by atoms with van der Waals surface area (Å²) in [7, 11) is 0. The van der Waals surface area contributed by atoms with E-state index in [1.807, 2.05) is 11.8 Å². The lowest BCUT2D eigenvalue weighted by molar-refractivity contribution is -0.141. The summed E-state index contributed by atoms with van der Waals surface area (Å²) < 4.78 is 6.32. The highest BCUT2D eigenvalue weighted by molar-refractivity contribution is 7.15. The lowest BCUT2D eigenvalue weighted by Gasteiger charge is -2.44. The van der Waals surface area contributed by atoms with Crippen LogP contribution in [-0.2, 0) is 31.1 Å². The van der Waals surface area contributed by atoms with Gasteiger partial charge in [0.05, 0.1) is 12.6 Å². The number of fused-ring (bicyclic) bond motifs is 2. The van der Waals surface area contributed by atoms with Gasteiger partial charge in [-0.25, -0.2) is 4.98 Å². The molecule has 1 amide bonds. The third-order valence-electron chi connectivity index (χ3n) is 5.57. The number of aliphatic carboxylic acids is 2. The zero-order valence-corrected chi connectivity index (χ0v) is 21.4. The zero-order valence-electron chi connectivity index (χ0n) is 20.5. The fourth-order valence-corrected chi connectivity index (χ4v) is 5.52. The van der Waals surface area contributed by atoms with Crippen molar-refractivity contribution in [3.8, 4) is 10.4 Å². The van der Waals surface area contributed by atoms with Gasteiger partial charge in [-0.2, -0.15) is 0 Å². The SMILES string of the molecule is CC(=O)O.CC(=O)O.Cc1cnc(N)c(-c2cc3c(s2)C2(CCN(C(=O)[C@@H](C)N)CC2)OCC3)c1. The number of ether oxygens (including phenoxy) is 1. The van der Waals surface area contributed by atoms with E-state index in [1.165, 1.54) is 10.4 Å². The van der Waals surface area contributed by atoms with Crippen molar-refractivity contribution in [2.24, 2.45) is 5.73 Å². The number of piperidine rings is 1. The summed E-state index contributed by atoms with van der Waals surface area (Å²) in [5, 5.41) is 14.8. The lowest BCUT2D eigenvalue weighted by atomic mass is 9.85. The molecule has 1 fully saturated rings. The van der Waals surface area contributed by atoms with Crippen molar-refractivity contribution in [2.45, 2.75) is 58.6 Å². The van der Waals surface area contributed by atoms with Gasteiger partial charge in [0.15, 0.2) is 0 Å². The number of carbonyl (C=O) groups excluding carboxylic acids is 1. The number of aromatic nitrogens is 1. The Bertz CT molecular complexity index is 1040. The van der Waals surface area contributed by atoms with Crippen LogP contribution in [0.2, 0.25) is 0 Å². The summed E-state index contributed by atoms with van der Waals surface area (Å²) in [6.45, 7) is 8.02. The van der Waals surface area contributed by atoms with E-state index in [2.05, 4.69) is 17.1 Å². The van der Waals surface area contributed by atoms with Crippen molar-refractivity contribution in [3.63, 3.8) is 0 Å². The molecule has 10 nitrogen and oxygen atoms in total. The highest BCUT2D eigenvalue weighted by Gasteiger charge is 2.43. The molecule has 1 atom stereocenters. The van der Waals surface area contributed by atoms with Gasteiger partial charge in [-0.1, -0.05) is 0 Å². The first kappa shape index (κ1) is 28.2. The zero-order chi connectivity index (χ0) is 26.3. The van der Waals surface area contributed by atoms with Crippen LogP contribution in [0.25, 0.3) is 10.4 Å². The standard InChI is InChI=1S/C20H26N4O2S.2C2H4O2/c1-12-9-15(18(22)23-11-12)16-10-14-3-8-26-20(17(14)27-16)4-6-24(7-5-20)19(25)13(2)21;2*1-2(3)4/h9-11,13H,3-8,21H2,1-2H3,(H2,22,23);2*1H3,(H,3,4)/t13-;;/m1../s1. The molecule has 0 saturated carbocycles. The molecule has 4 rings (SSSR count). The van der Waals surface area contributed by atoms with E-state index in [0.29, 0.717) is 25.5 Å². The highest BCUT2D eigenvalue weighted by atomic mass is 32.1. The summed E-state index contributed by atoms with van der Waals surface area (Å²) in [5.41, 5.74) is 15.0. The van der Waals surface area contributed by atoms with Crippen LogP contribution in [0.4, 0.5) is 5.82 Å². The Morgan fingerprint density at radius 3 is 2.29 bits per heavy atom. The number of carbonyl (C=O) groups is 3. The number of rotatable bonds is 2. The van der Waals surface area contributed by atoms with Crippen molar-refractivity contribution in [1.82, 2.24) is 9.88 Å². The molecule has 6 N–H and O–H groups in total. The summed E-state index contributed by atoms with van der Waals surface area (Å²) in [4.78, 5) is 38.8. The van der Waals surface area contributed by atoms with Crippen molar-refractivity contribution >= 4 is 35.0 Å². The van der Waals surface area contributed by atoms with Crippen LogP contribution < -0.4 is 11.5 Å². The van der Waals surface area contributed by atoms with E-state index in [9.17, 15) is 4.79 Å².